The van der Waals surface area contributed by atoms with Gasteiger partial charge in [-0.25, -0.2) is 0 Å². The maximum atomic E-state index is 12.0. The molecule has 2 aromatic carbocycles. The molecular formula is C17H20N2O. The maximum absolute atomic E-state index is 12.0. The van der Waals surface area contributed by atoms with Crippen LogP contribution in [0.2, 0.25) is 0 Å². The average molecular weight is 268 g/mol. The molecule has 0 atom stereocenters. The number of nitrogens with two attached hydrogens (primary N) is 1. The summed E-state index contributed by atoms with van der Waals surface area (Å²) in [4.78, 5) is 12.0. The van der Waals surface area contributed by atoms with Crippen LogP contribution in [0.15, 0.2) is 48.5 Å². The SMILES string of the molecule is Cc1cc(C(=O)NCCCc2ccccc2)ccc1N. The quantitative estimate of drug-likeness (QED) is 0.647. The first-order valence-corrected chi connectivity index (χ1v) is 6.85. The van der Waals surface area contributed by atoms with Crippen molar-refractivity contribution in [3.8, 4) is 0 Å². The molecule has 0 spiro atoms. The Hall–Kier alpha value is -2.29. The van der Waals surface area contributed by atoms with Crippen LogP contribution in [0.25, 0.3) is 0 Å². The standard InChI is InChI=1S/C17H20N2O/c1-13-12-15(9-10-16(13)18)17(20)19-11-5-8-14-6-3-2-4-7-14/h2-4,6-7,9-10,12H,5,8,11,18H2,1H3,(H,19,20). The molecule has 0 heterocycles. The van der Waals surface area contributed by atoms with Crippen molar-refractivity contribution in [1.29, 1.82) is 0 Å². The first-order valence-electron chi connectivity index (χ1n) is 6.85. The lowest BCUT2D eigenvalue weighted by Crippen LogP contribution is -2.24. The number of carbonyl (C=O) groups is 1. The van der Waals surface area contributed by atoms with Crippen LogP contribution in [-0.4, -0.2) is 12.5 Å². The third-order valence-electron chi connectivity index (χ3n) is 3.30. The summed E-state index contributed by atoms with van der Waals surface area (Å²) >= 11 is 0. The fourth-order valence-corrected chi connectivity index (χ4v) is 2.06. The zero-order chi connectivity index (χ0) is 14.4. The van der Waals surface area contributed by atoms with Crippen LogP contribution in [0.3, 0.4) is 0 Å². The minimum Gasteiger partial charge on any atom is -0.399 e. The van der Waals surface area contributed by atoms with Gasteiger partial charge in [-0.15, -0.1) is 0 Å². The Morgan fingerprint density at radius 1 is 1.15 bits per heavy atom. The molecule has 2 rings (SSSR count). The molecule has 0 aliphatic heterocycles. The normalized spacial score (nSPS) is 10.2. The predicted octanol–water partition coefficient (Wildman–Crippen LogP) is 2.94. The molecule has 2 aromatic rings. The number of benzene rings is 2. The van der Waals surface area contributed by atoms with E-state index in [4.69, 9.17) is 5.73 Å². The zero-order valence-electron chi connectivity index (χ0n) is 11.7. The second kappa shape index (κ2) is 6.75. The van der Waals surface area contributed by atoms with Crippen LogP contribution >= 0.6 is 0 Å². The number of hydrogen-bond donors (Lipinski definition) is 2. The zero-order valence-corrected chi connectivity index (χ0v) is 11.7. The number of nitrogen functional groups attached to an aromatic ring is 1. The Balaban J connectivity index is 1.79. The van der Waals surface area contributed by atoms with Gasteiger partial charge in [0, 0.05) is 17.8 Å². The topological polar surface area (TPSA) is 55.1 Å². The third kappa shape index (κ3) is 3.85. The van der Waals surface area contributed by atoms with Crippen LogP contribution in [0.1, 0.15) is 27.9 Å². The highest BCUT2D eigenvalue weighted by Gasteiger charge is 2.05. The molecule has 20 heavy (non-hydrogen) atoms. The van der Waals surface area contributed by atoms with Crippen LogP contribution in [-0.2, 0) is 6.42 Å². The van der Waals surface area contributed by atoms with Crippen LogP contribution in [0.5, 0.6) is 0 Å². The van der Waals surface area contributed by atoms with Crippen molar-refractivity contribution in [2.45, 2.75) is 19.8 Å². The van der Waals surface area contributed by atoms with Crippen molar-refractivity contribution >= 4 is 11.6 Å². The van der Waals surface area contributed by atoms with Gasteiger partial charge in [0.15, 0.2) is 0 Å². The lowest BCUT2D eigenvalue weighted by Gasteiger charge is -2.07. The summed E-state index contributed by atoms with van der Waals surface area (Å²) in [5.74, 6) is -0.0406. The second-order valence-electron chi connectivity index (χ2n) is 4.92. The van der Waals surface area contributed by atoms with Crippen molar-refractivity contribution in [1.82, 2.24) is 5.32 Å². The molecule has 0 saturated carbocycles. The van der Waals surface area contributed by atoms with Gasteiger partial charge in [0.1, 0.15) is 0 Å². The molecule has 0 fully saturated rings. The molecule has 3 N–H and O–H groups in total. The summed E-state index contributed by atoms with van der Waals surface area (Å²) in [5.41, 5.74) is 9.35. The number of aryl methyl sites for hydroxylation is 2. The first-order chi connectivity index (χ1) is 9.66. The second-order valence-corrected chi connectivity index (χ2v) is 4.92. The molecule has 3 nitrogen and oxygen atoms in total. The molecule has 104 valence electrons. The summed E-state index contributed by atoms with van der Waals surface area (Å²) in [5, 5.41) is 2.94. The number of anilines is 1. The molecule has 1 amide bonds. The number of nitrogens with one attached hydrogen (secondary N) is 1. The Morgan fingerprint density at radius 2 is 1.90 bits per heavy atom. The van der Waals surface area contributed by atoms with E-state index in [9.17, 15) is 4.79 Å². The van der Waals surface area contributed by atoms with Gasteiger partial charge in [-0.3, -0.25) is 4.79 Å². The number of rotatable bonds is 5. The fourth-order valence-electron chi connectivity index (χ4n) is 2.06. The monoisotopic (exact) mass is 268 g/mol. The summed E-state index contributed by atoms with van der Waals surface area (Å²) in [7, 11) is 0. The molecule has 0 saturated heterocycles. The van der Waals surface area contributed by atoms with E-state index < -0.39 is 0 Å². The molecule has 0 radical (unpaired) electrons. The van der Waals surface area contributed by atoms with Gasteiger partial charge in [0.25, 0.3) is 5.91 Å². The lowest BCUT2D eigenvalue weighted by atomic mass is 10.1. The van der Waals surface area contributed by atoms with E-state index in [1.807, 2.05) is 31.2 Å². The van der Waals surface area contributed by atoms with E-state index in [1.54, 1.807) is 12.1 Å². The molecule has 0 bridgehead atoms. The van der Waals surface area contributed by atoms with Crippen LogP contribution in [0.4, 0.5) is 5.69 Å². The summed E-state index contributed by atoms with van der Waals surface area (Å²) < 4.78 is 0. The third-order valence-corrected chi connectivity index (χ3v) is 3.30. The highest BCUT2D eigenvalue weighted by atomic mass is 16.1. The van der Waals surface area contributed by atoms with Gasteiger partial charge in [-0.2, -0.15) is 0 Å². The number of hydrogen-bond acceptors (Lipinski definition) is 2. The Morgan fingerprint density at radius 3 is 2.60 bits per heavy atom. The first kappa shape index (κ1) is 14.1. The fraction of sp³-hybridized carbons (Fsp3) is 0.235. The van der Waals surface area contributed by atoms with E-state index in [0.29, 0.717) is 17.8 Å². The van der Waals surface area contributed by atoms with E-state index >= 15 is 0 Å². The van der Waals surface area contributed by atoms with Gasteiger partial charge >= 0.3 is 0 Å². The number of amides is 1. The highest BCUT2D eigenvalue weighted by Crippen LogP contribution is 2.12. The lowest BCUT2D eigenvalue weighted by molar-refractivity contribution is 0.0953. The Bertz CT molecular complexity index is 579. The summed E-state index contributed by atoms with van der Waals surface area (Å²) in [6.45, 7) is 2.58. The highest BCUT2D eigenvalue weighted by molar-refractivity contribution is 5.94. The van der Waals surface area contributed by atoms with Gasteiger partial charge in [0.2, 0.25) is 0 Å². The summed E-state index contributed by atoms with van der Waals surface area (Å²) in [6, 6.07) is 15.6. The molecule has 0 unspecified atom stereocenters. The van der Waals surface area contributed by atoms with Gasteiger partial charge in [0.05, 0.1) is 0 Å². The largest absolute Gasteiger partial charge is 0.399 e. The molecule has 3 heteroatoms. The van der Waals surface area contributed by atoms with E-state index in [-0.39, 0.29) is 5.91 Å². The van der Waals surface area contributed by atoms with E-state index in [2.05, 4.69) is 17.4 Å². The summed E-state index contributed by atoms with van der Waals surface area (Å²) in [6.07, 6.45) is 1.91. The number of carbonyl (C=O) groups excluding carboxylic acids is 1. The van der Waals surface area contributed by atoms with Crippen molar-refractivity contribution in [3.63, 3.8) is 0 Å². The minimum atomic E-state index is -0.0406. The van der Waals surface area contributed by atoms with Gasteiger partial charge in [-0.1, -0.05) is 30.3 Å². The van der Waals surface area contributed by atoms with Gasteiger partial charge in [-0.05, 0) is 49.1 Å². The minimum absolute atomic E-state index is 0.0406. The maximum Gasteiger partial charge on any atom is 0.251 e. The Kier molecular flexibility index (Phi) is 4.77. The van der Waals surface area contributed by atoms with Crippen molar-refractivity contribution in [3.05, 3.63) is 65.2 Å². The molecule has 0 aliphatic carbocycles. The van der Waals surface area contributed by atoms with Crippen LogP contribution < -0.4 is 11.1 Å². The Labute approximate surface area is 119 Å². The predicted molar refractivity (Wildman–Crippen MR) is 82.7 cm³/mol. The van der Waals surface area contributed by atoms with Crippen LogP contribution in [0, 0.1) is 6.92 Å². The molecule has 0 aliphatic rings. The smallest absolute Gasteiger partial charge is 0.251 e. The van der Waals surface area contributed by atoms with Crippen molar-refractivity contribution in [2.75, 3.05) is 12.3 Å². The average Bonchev–Trinajstić information content (AvgIpc) is 2.47. The van der Waals surface area contributed by atoms with Crippen molar-refractivity contribution in [2.24, 2.45) is 0 Å². The molecule has 0 aromatic heterocycles. The molecular weight excluding hydrogens is 248 g/mol. The van der Waals surface area contributed by atoms with Gasteiger partial charge < -0.3 is 11.1 Å². The van der Waals surface area contributed by atoms with Crippen molar-refractivity contribution < 1.29 is 4.79 Å². The van der Waals surface area contributed by atoms with E-state index in [0.717, 1.165) is 18.4 Å². The van der Waals surface area contributed by atoms with E-state index in [1.165, 1.54) is 5.56 Å².